The number of hydrogen-bond donors (Lipinski definition) is 2. The summed E-state index contributed by atoms with van der Waals surface area (Å²) in [6.45, 7) is 2.04. The van der Waals surface area contributed by atoms with Crippen LogP contribution in [0.25, 0.3) is 0 Å². The molecule has 2 aromatic carbocycles. The molecule has 0 aliphatic carbocycles. The molecule has 0 radical (unpaired) electrons. The van der Waals surface area contributed by atoms with Gasteiger partial charge in [-0.1, -0.05) is 18.2 Å². The van der Waals surface area contributed by atoms with Gasteiger partial charge in [0.25, 0.3) is 15.9 Å². The Balaban J connectivity index is 1.68. The zero-order chi connectivity index (χ0) is 20.1. The topological polar surface area (TPSA) is 75.3 Å². The predicted octanol–water partition coefficient (Wildman–Crippen LogP) is 3.97. The second kappa shape index (κ2) is 8.53. The minimum absolute atomic E-state index is 0.179. The van der Waals surface area contributed by atoms with Crippen molar-refractivity contribution in [3.63, 3.8) is 0 Å². The Kier molecular flexibility index (Phi) is 6.11. The SMILES string of the molecule is Cc1ccc(S(=O)(=O)Nc2cccc(C(=O)NCCc3cccs3)c2)cc1F. The van der Waals surface area contributed by atoms with Crippen LogP contribution in [0.15, 0.2) is 64.9 Å². The third-order valence-corrected chi connectivity index (χ3v) is 6.38. The second-order valence-corrected chi connectivity index (χ2v) is 8.90. The van der Waals surface area contributed by atoms with Gasteiger partial charge in [-0.05, 0) is 60.7 Å². The molecule has 3 rings (SSSR count). The van der Waals surface area contributed by atoms with Gasteiger partial charge in [0.1, 0.15) is 5.82 Å². The van der Waals surface area contributed by atoms with Gasteiger partial charge in [-0.15, -0.1) is 11.3 Å². The Hall–Kier alpha value is -2.71. The Morgan fingerprint density at radius 1 is 1.11 bits per heavy atom. The van der Waals surface area contributed by atoms with Gasteiger partial charge in [0, 0.05) is 22.7 Å². The highest BCUT2D eigenvalue weighted by atomic mass is 32.2. The summed E-state index contributed by atoms with van der Waals surface area (Å²) in [7, 11) is -3.96. The molecule has 0 fully saturated rings. The van der Waals surface area contributed by atoms with E-state index in [4.69, 9.17) is 0 Å². The molecule has 1 heterocycles. The zero-order valence-corrected chi connectivity index (χ0v) is 16.7. The number of rotatable bonds is 7. The molecule has 0 unspecified atom stereocenters. The minimum atomic E-state index is -3.96. The summed E-state index contributed by atoms with van der Waals surface area (Å²) >= 11 is 1.62. The summed E-state index contributed by atoms with van der Waals surface area (Å²) in [5.41, 5.74) is 0.925. The maximum absolute atomic E-state index is 13.7. The number of sulfonamides is 1. The normalized spacial score (nSPS) is 11.2. The molecule has 0 atom stereocenters. The number of carbonyl (C=O) groups excluding carboxylic acids is 1. The van der Waals surface area contributed by atoms with Crippen LogP contribution in [0.2, 0.25) is 0 Å². The highest BCUT2D eigenvalue weighted by Crippen LogP contribution is 2.19. The molecule has 0 aliphatic heterocycles. The number of benzene rings is 2. The van der Waals surface area contributed by atoms with Crippen molar-refractivity contribution in [2.45, 2.75) is 18.2 Å². The van der Waals surface area contributed by atoms with Crippen molar-refractivity contribution in [3.05, 3.63) is 81.8 Å². The van der Waals surface area contributed by atoms with E-state index in [-0.39, 0.29) is 16.5 Å². The van der Waals surface area contributed by atoms with E-state index in [1.165, 1.54) is 29.1 Å². The number of anilines is 1. The summed E-state index contributed by atoms with van der Waals surface area (Å²) in [6.07, 6.45) is 0.731. The summed E-state index contributed by atoms with van der Waals surface area (Å²) < 4.78 is 41.0. The second-order valence-electron chi connectivity index (χ2n) is 6.18. The van der Waals surface area contributed by atoms with E-state index in [0.29, 0.717) is 17.7 Å². The molecular formula is C20H19FN2O3S2. The van der Waals surface area contributed by atoms with E-state index in [9.17, 15) is 17.6 Å². The lowest BCUT2D eigenvalue weighted by atomic mass is 10.2. The summed E-state index contributed by atoms with van der Waals surface area (Å²) in [6, 6.07) is 13.8. The number of carbonyl (C=O) groups is 1. The van der Waals surface area contributed by atoms with Gasteiger partial charge in [-0.2, -0.15) is 0 Å². The summed E-state index contributed by atoms with van der Waals surface area (Å²) in [5, 5.41) is 4.79. The molecule has 146 valence electrons. The average Bonchev–Trinajstić information content (AvgIpc) is 3.17. The first-order chi connectivity index (χ1) is 13.3. The lowest BCUT2D eigenvalue weighted by Gasteiger charge is -2.10. The van der Waals surface area contributed by atoms with Crippen molar-refractivity contribution in [1.29, 1.82) is 0 Å². The lowest BCUT2D eigenvalue weighted by Crippen LogP contribution is -2.25. The van der Waals surface area contributed by atoms with E-state index >= 15 is 0 Å². The zero-order valence-electron chi connectivity index (χ0n) is 15.1. The van der Waals surface area contributed by atoms with Gasteiger partial charge in [0.2, 0.25) is 0 Å². The van der Waals surface area contributed by atoms with Crippen LogP contribution in [-0.4, -0.2) is 20.9 Å². The molecule has 1 aromatic heterocycles. The fourth-order valence-electron chi connectivity index (χ4n) is 2.53. The van der Waals surface area contributed by atoms with E-state index in [0.717, 1.165) is 12.5 Å². The van der Waals surface area contributed by atoms with Gasteiger partial charge >= 0.3 is 0 Å². The quantitative estimate of drug-likeness (QED) is 0.610. The monoisotopic (exact) mass is 418 g/mol. The van der Waals surface area contributed by atoms with Crippen LogP contribution in [-0.2, 0) is 16.4 Å². The molecule has 0 aliphatic rings. The van der Waals surface area contributed by atoms with Crippen molar-refractivity contribution >= 4 is 33.0 Å². The molecule has 0 bridgehead atoms. The third-order valence-electron chi connectivity index (χ3n) is 4.07. The minimum Gasteiger partial charge on any atom is -0.352 e. The Morgan fingerprint density at radius 2 is 1.93 bits per heavy atom. The average molecular weight is 419 g/mol. The molecule has 28 heavy (non-hydrogen) atoms. The van der Waals surface area contributed by atoms with Gasteiger partial charge in [0.05, 0.1) is 4.90 Å². The number of nitrogens with one attached hydrogen (secondary N) is 2. The maximum atomic E-state index is 13.7. The molecule has 0 spiro atoms. The van der Waals surface area contributed by atoms with Crippen LogP contribution in [0.1, 0.15) is 20.8 Å². The molecule has 8 heteroatoms. The Bertz CT molecular complexity index is 1080. The highest BCUT2D eigenvalue weighted by Gasteiger charge is 2.16. The molecule has 0 saturated carbocycles. The van der Waals surface area contributed by atoms with E-state index in [2.05, 4.69) is 10.0 Å². The smallest absolute Gasteiger partial charge is 0.261 e. The Labute approximate surface area is 167 Å². The van der Waals surface area contributed by atoms with Crippen LogP contribution in [0.3, 0.4) is 0 Å². The fourth-order valence-corrected chi connectivity index (χ4v) is 4.30. The number of thiophene rings is 1. The molecule has 5 nitrogen and oxygen atoms in total. The van der Waals surface area contributed by atoms with Crippen molar-refractivity contribution in [2.24, 2.45) is 0 Å². The van der Waals surface area contributed by atoms with Gasteiger partial charge in [-0.3, -0.25) is 9.52 Å². The van der Waals surface area contributed by atoms with Crippen molar-refractivity contribution in [2.75, 3.05) is 11.3 Å². The largest absolute Gasteiger partial charge is 0.352 e. The van der Waals surface area contributed by atoms with Gasteiger partial charge < -0.3 is 5.32 Å². The number of halogens is 1. The standard InChI is InChI=1S/C20H19FN2O3S2/c1-14-7-8-18(13-19(14)21)28(25,26)23-16-5-2-4-15(12-16)20(24)22-10-9-17-6-3-11-27-17/h2-8,11-13,23H,9-10H2,1H3,(H,22,24). The van der Waals surface area contributed by atoms with E-state index < -0.39 is 15.8 Å². The first kappa shape index (κ1) is 20.0. The van der Waals surface area contributed by atoms with Gasteiger partial charge in [-0.25, -0.2) is 12.8 Å². The van der Waals surface area contributed by atoms with Crippen LogP contribution in [0, 0.1) is 12.7 Å². The van der Waals surface area contributed by atoms with E-state index in [1.807, 2.05) is 17.5 Å². The van der Waals surface area contributed by atoms with Crippen molar-refractivity contribution in [1.82, 2.24) is 5.32 Å². The van der Waals surface area contributed by atoms with Crippen LogP contribution < -0.4 is 10.0 Å². The van der Waals surface area contributed by atoms with Crippen LogP contribution in [0.4, 0.5) is 10.1 Å². The van der Waals surface area contributed by atoms with Crippen LogP contribution in [0.5, 0.6) is 0 Å². The summed E-state index contributed by atoms with van der Waals surface area (Å²) in [4.78, 5) is 13.3. The number of amides is 1. The molecule has 1 amide bonds. The predicted molar refractivity (Wildman–Crippen MR) is 109 cm³/mol. The molecule has 3 aromatic rings. The molecule has 2 N–H and O–H groups in total. The molecular weight excluding hydrogens is 399 g/mol. The van der Waals surface area contributed by atoms with Crippen LogP contribution >= 0.6 is 11.3 Å². The maximum Gasteiger partial charge on any atom is 0.261 e. The molecule has 0 saturated heterocycles. The summed E-state index contributed by atoms with van der Waals surface area (Å²) in [5.74, 6) is -0.888. The number of aryl methyl sites for hydroxylation is 1. The Morgan fingerprint density at radius 3 is 2.64 bits per heavy atom. The van der Waals surface area contributed by atoms with Crippen molar-refractivity contribution in [3.8, 4) is 0 Å². The third kappa shape index (κ3) is 4.96. The van der Waals surface area contributed by atoms with E-state index in [1.54, 1.807) is 30.4 Å². The van der Waals surface area contributed by atoms with Gasteiger partial charge in [0.15, 0.2) is 0 Å². The number of hydrogen-bond acceptors (Lipinski definition) is 4. The first-order valence-electron chi connectivity index (χ1n) is 8.55. The first-order valence-corrected chi connectivity index (χ1v) is 10.9. The van der Waals surface area contributed by atoms with Crippen molar-refractivity contribution < 1.29 is 17.6 Å². The highest BCUT2D eigenvalue weighted by molar-refractivity contribution is 7.92. The fraction of sp³-hybridized carbons (Fsp3) is 0.150. The lowest BCUT2D eigenvalue weighted by molar-refractivity contribution is 0.0954.